The predicted molar refractivity (Wildman–Crippen MR) is 103 cm³/mol. The van der Waals surface area contributed by atoms with Crippen LogP contribution in [0, 0.1) is 6.92 Å². The molecule has 5 heteroatoms. The number of benzene rings is 2. The summed E-state index contributed by atoms with van der Waals surface area (Å²) in [6, 6.07) is 15.3. The van der Waals surface area contributed by atoms with Crippen molar-refractivity contribution in [2.24, 2.45) is 0 Å². The van der Waals surface area contributed by atoms with Crippen molar-refractivity contribution in [3.63, 3.8) is 0 Å². The van der Waals surface area contributed by atoms with Gasteiger partial charge in [-0.05, 0) is 36.8 Å². The summed E-state index contributed by atoms with van der Waals surface area (Å²) in [6.45, 7) is 6.65. The second-order valence-corrected chi connectivity index (χ2v) is 6.59. The number of urea groups is 1. The van der Waals surface area contributed by atoms with Crippen LogP contribution in [0.25, 0.3) is 11.5 Å². The lowest BCUT2D eigenvalue weighted by molar-refractivity contribution is 0.251. The van der Waals surface area contributed by atoms with E-state index >= 15 is 0 Å². The monoisotopic (exact) mass is 349 g/mol. The molecule has 134 valence electrons. The fourth-order valence-electron chi connectivity index (χ4n) is 2.45. The van der Waals surface area contributed by atoms with E-state index in [0.717, 1.165) is 16.9 Å². The first-order chi connectivity index (χ1) is 12.5. The molecular weight excluding hydrogens is 326 g/mol. The largest absolute Gasteiger partial charge is 0.441 e. The van der Waals surface area contributed by atoms with Crippen LogP contribution in [0.15, 0.2) is 59.1 Å². The van der Waals surface area contributed by atoms with Crippen molar-refractivity contribution in [2.75, 3.05) is 5.32 Å². The van der Waals surface area contributed by atoms with E-state index in [4.69, 9.17) is 4.42 Å². The molecule has 0 unspecified atom stereocenters. The number of carbonyl (C=O) groups is 1. The number of hydrogen-bond acceptors (Lipinski definition) is 3. The lowest BCUT2D eigenvalue weighted by Gasteiger charge is -2.08. The lowest BCUT2D eigenvalue weighted by atomic mass is 10.1. The Morgan fingerprint density at radius 1 is 1.08 bits per heavy atom. The Balaban J connectivity index is 1.56. The fraction of sp³-hybridized carbons (Fsp3) is 0.238. The number of oxazole rings is 1. The molecule has 0 radical (unpaired) electrons. The maximum Gasteiger partial charge on any atom is 0.319 e. The van der Waals surface area contributed by atoms with Crippen LogP contribution < -0.4 is 10.6 Å². The third-order valence-electron chi connectivity index (χ3n) is 4.06. The average molecular weight is 349 g/mol. The Morgan fingerprint density at radius 3 is 2.38 bits per heavy atom. The zero-order valence-electron chi connectivity index (χ0n) is 15.2. The Morgan fingerprint density at radius 2 is 1.77 bits per heavy atom. The van der Waals surface area contributed by atoms with Crippen molar-refractivity contribution in [1.29, 1.82) is 0 Å². The second-order valence-electron chi connectivity index (χ2n) is 6.59. The van der Waals surface area contributed by atoms with Crippen molar-refractivity contribution in [1.82, 2.24) is 10.3 Å². The molecule has 0 aliphatic carbocycles. The molecule has 3 aromatic rings. The Labute approximate surface area is 153 Å². The van der Waals surface area contributed by atoms with Gasteiger partial charge in [0, 0.05) is 23.7 Å². The van der Waals surface area contributed by atoms with Gasteiger partial charge in [0.1, 0.15) is 5.76 Å². The van der Waals surface area contributed by atoms with Gasteiger partial charge in [-0.2, -0.15) is 0 Å². The molecule has 2 amide bonds. The zero-order valence-corrected chi connectivity index (χ0v) is 15.2. The summed E-state index contributed by atoms with van der Waals surface area (Å²) in [4.78, 5) is 16.3. The highest BCUT2D eigenvalue weighted by molar-refractivity contribution is 5.89. The van der Waals surface area contributed by atoms with Gasteiger partial charge in [0.2, 0.25) is 5.89 Å². The summed E-state index contributed by atoms with van der Waals surface area (Å²) in [5.74, 6) is 1.75. The van der Waals surface area contributed by atoms with Gasteiger partial charge in [-0.3, -0.25) is 0 Å². The molecule has 2 N–H and O–H groups in total. The van der Waals surface area contributed by atoms with Gasteiger partial charge in [-0.15, -0.1) is 0 Å². The molecule has 5 nitrogen and oxygen atoms in total. The van der Waals surface area contributed by atoms with E-state index in [-0.39, 0.29) is 6.03 Å². The average Bonchev–Trinajstić information content (AvgIpc) is 3.12. The molecular formula is C21H23N3O2. The van der Waals surface area contributed by atoms with E-state index in [1.54, 1.807) is 6.20 Å². The molecule has 0 aliphatic rings. The molecule has 3 rings (SSSR count). The molecule has 0 spiro atoms. The number of aromatic nitrogens is 1. The highest BCUT2D eigenvalue weighted by atomic mass is 16.4. The Hall–Kier alpha value is -3.08. The van der Waals surface area contributed by atoms with Crippen molar-refractivity contribution in [3.8, 4) is 11.5 Å². The van der Waals surface area contributed by atoms with Crippen molar-refractivity contribution in [2.45, 2.75) is 33.2 Å². The third kappa shape index (κ3) is 4.51. The number of nitrogens with one attached hydrogen (secondary N) is 2. The van der Waals surface area contributed by atoms with Gasteiger partial charge in [0.25, 0.3) is 0 Å². The van der Waals surface area contributed by atoms with Crippen LogP contribution in [-0.4, -0.2) is 11.0 Å². The number of carbonyl (C=O) groups excluding carboxylic acids is 1. The summed E-state index contributed by atoms with van der Waals surface area (Å²) in [5.41, 5.74) is 3.85. The first-order valence-electron chi connectivity index (χ1n) is 8.68. The van der Waals surface area contributed by atoms with Gasteiger partial charge >= 0.3 is 6.03 Å². The highest BCUT2D eigenvalue weighted by Gasteiger charge is 2.09. The molecule has 2 aromatic carbocycles. The highest BCUT2D eigenvalue weighted by Crippen LogP contribution is 2.24. The summed E-state index contributed by atoms with van der Waals surface area (Å²) >= 11 is 0. The standard InChI is InChI=1S/C21H23N3O2/c1-14(2)19-13-22-20(26-19)17-8-10-18(11-9-17)24-21(25)23-12-16-6-4-15(3)5-7-16/h4-11,13-14H,12H2,1-3H3,(H2,23,24,25). The van der Waals surface area contributed by atoms with Gasteiger partial charge < -0.3 is 15.1 Å². The maximum atomic E-state index is 12.0. The van der Waals surface area contributed by atoms with E-state index in [0.29, 0.717) is 24.0 Å². The van der Waals surface area contributed by atoms with Crippen molar-refractivity contribution in [3.05, 3.63) is 71.6 Å². The number of amides is 2. The summed E-state index contributed by atoms with van der Waals surface area (Å²) in [5, 5.41) is 5.67. The normalized spacial score (nSPS) is 10.8. The van der Waals surface area contributed by atoms with E-state index in [1.807, 2.05) is 55.5 Å². The molecule has 1 heterocycles. The molecule has 26 heavy (non-hydrogen) atoms. The first kappa shape index (κ1) is 17.7. The minimum atomic E-state index is -0.239. The molecule has 0 atom stereocenters. The van der Waals surface area contributed by atoms with Crippen molar-refractivity contribution >= 4 is 11.7 Å². The maximum absolute atomic E-state index is 12.0. The number of aryl methyl sites for hydroxylation is 1. The Bertz CT molecular complexity index is 865. The number of rotatable bonds is 5. The lowest BCUT2D eigenvalue weighted by Crippen LogP contribution is -2.28. The number of anilines is 1. The van der Waals surface area contributed by atoms with Crippen LogP contribution in [0.2, 0.25) is 0 Å². The van der Waals surface area contributed by atoms with E-state index in [1.165, 1.54) is 5.56 Å². The molecule has 0 saturated heterocycles. The molecule has 0 fully saturated rings. The fourth-order valence-corrected chi connectivity index (χ4v) is 2.45. The Kier molecular flexibility index (Phi) is 5.37. The van der Waals surface area contributed by atoms with Crippen LogP contribution in [0.3, 0.4) is 0 Å². The summed E-state index contributed by atoms with van der Waals surface area (Å²) < 4.78 is 5.74. The van der Waals surface area contributed by atoms with Gasteiger partial charge in [0.15, 0.2) is 0 Å². The molecule has 0 saturated carbocycles. The second kappa shape index (κ2) is 7.87. The summed E-state index contributed by atoms with van der Waals surface area (Å²) in [6.07, 6.45) is 1.75. The van der Waals surface area contributed by atoms with Crippen molar-refractivity contribution < 1.29 is 9.21 Å². The quantitative estimate of drug-likeness (QED) is 0.674. The van der Waals surface area contributed by atoms with E-state index in [2.05, 4.69) is 29.5 Å². The van der Waals surface area contributed by atoms with Gasteiger partial charge in [0.05, 0.1) is 6.20 Å². The van der Waals surface area contributed by atoms with Gasteiger partial charge in [-0.1, -0.05) is 43.7 Å². The zero-order chi connectivity index (χ0) is 18.5. The van der Waals surface area contributed by atoms with E-state index in [9.17, 15) is 4.79 Å². The summed E-state index contributed by atoms with van der Waals surface area (Å²) in [7, 11) is 0. The van der Waals surface area contributed by atoms with Crippen LogP contribution in [-0.2, 0) is 6.54 Å². The topological polar surface area (TPSA) is 67.2 Å². The molecule has 0 aliphatic heterocycles. The van der Waals surface area contributed by atoms with Gasteiger partial charge in [-0.25, -0.2) is 9.78 Å². The van der Waals surface area contributed by atoms with E-state index < -0.39 is 0 Å². The minimum absolute atomic E-state index is 0.239. The van der Waals surface area contributed by atoms with Crippen LogP contribution in [0.5, 0.6) is 0 Å². The predicted octanol–water partition coefficient (Wildman–Crippen LogP) is 5.10. The third-order valence-corrected chi connectivity index (χ3v) is 4.06. The van der Waals surface area contributed by atoms with Crippen LogP contribution >= 0.6 is 0 Å². The molecule has 0 bridgehead atoms. The van der Waals surface area contributed by atoms with Crippen LogP contribution in [0.1, 0.15) is 36.7 Å². The molecule has 1 aromatic heterocycles. The smallest absolute Gasteiger partial charge is 0.319 e. The number of nitrogens with zero attached hydrogens (tertiary/aromatic N) is 1. The SMILES string of the molecule is Cc1ccc(CNC(=O)Nc2ccc(-c3ncc(C(C)C)o3)cc2)cc1. The minimum Gasteiger partial charge on any atom is -0.441 e. The van der Waals surface area contributed by atoms with Crippen LogP contribution in [0.4, 0.5) is 10.5 Å². The first-order valence-corrected chi connectivity index (χ1v) is 8.68. The number of hydrogen-bond donors (Lipinski definition) is 2.